The van der Waals surface area contributed by atoms with Crippen molar-refractivity contribution in [2.45, 2.75) is 0 Å². The molecule has 0 spiro atoms. The van der Waals surface area contributed by atoms with E-state index in [9.17, 15) is 4.79 Å². The summed E-state index contributed by atoms with van der Waals surface area (Å²) in [6, 6.07) is 12.4. The summed E-state index contributed by atoms with van der Waals surface area (Å²) >= 11 is 5.87. The van der Waals surface area contributed by atoms with E-state index >= 15 is 0 Å². The van der Waals surface area contributed by atoms with Crippen LogP contribution in [0.4, 0.5) is 0 Å². The van der Waals surface area contributed by atoms with Crippen LogP contribution in [0.15, 0.2) is 56.2 Å². The Morgan fingerprint density at radius 3 is 2.61 bits per heavy atom. The van der Waals surface area contributed by atoms with Gasteiger partial charge in [0.2, 0.25) is 5.82 Å². The van der Waals surface area contributed by atoms with Gasteiger partial charge in [-0.2, -0.15) is 4.98 Å². The summed E-state index contributed by atoms with van der Waals surface area (Å²) in [6.07, 6.45) is 0. The van der Waals surface area contributed by atoms with Crippen LogP contribution in [0.2, 0.25) is 5.02 Å². The van der Waals surface area contributed by atoms with Crippen LogP contribution in [0, 0.1) is 0 Å². The van der Waals surface area contributed by atoms with Gasteiger partial charge in [-0.05, 0) is 42.5 Å². The van der Waals surface area contributed by atoms with Crippen LogP contribution in [0.1, 0.15) is 0 Å². The Labute approximate surface area is 134 Å². The second-order valence-electron chi connectivity index (χ2n) is 5.04. The number of aromatic nitrogens is 3. The van der Waals surface area contributed by atoms with Gasteiger partial charge in [-0.1, -0.05) is 16.8 Å². The van der Waals surface area contributed by atoms with Gasteiger partial charge in [0.05, 0.1) is 5.52 Å². The molecule has 0 saturated carbocycles. The third-order valence-corrected chi connectivity index (χ3v) is 3.82. The topological polar surface area (TPSA) is 74.1 Å². The summed E-state index contributed by atoms with van der Waals surface area (Å²) in [5.41, 5.74) is 2.67. The molecule has 0 N–H and O–H groups in total. The molecule has 6 nitrogen and oxygen atoms in total. The second kappa shape index (κ2) is 5.10. The Balaban J connectivity index is 1.76. The molecular weight excluding hydrogens is 318 g/mol. The summed E-state index contributed by atoms with van der Waals surface area (Å²) in [4.78, 5) is 15.9. The highest BCUT2D eigenvalue weighted by molar-refractivity contribution is 6.30. The quantitative estimate of drug-likeness (QED) is 0.563. The van der Waals surface area contributed by atoms with Crippen LogP contribution in [-0.2, 0) is 7.05 Å². The Kier molecular flexibility index (Phi) is 3.06. The predicted octanol–water partition coefficient (Wildman–Crippen LogP) is 3.50. The maximum Gasteiger partial charge on any atom is 0.419 e. The van der Waals surface area contributed by atoms with Gasteiger partial charge in [-0.15, -0.1) is 0 Å². The van der Waals surface area contributed by atoms with E-state index in [2.05, 4.69) is 10.1 Å². The summed E-state index contributed by atoms with van der Waals surface area (Å²) in [7, 11) is 1.65. The summed E-state index contributed by atoms with van der Waals surface area (Å²) < 4.78 is 11.9. The molecule has 2 aromatic carbocycles. The lowest BCUT2D eigenvalue weighted by Crippen LogP contribution is -2.08. The average Bonchev–Trinajstić information content (AvgIpc) is 3.14. The molecule has 0 aliphatic carbocycles. The molecule has 2 aromatic heterocycles. The molecule has 0 atom stereocenters. The van der Waals surface area contributed by atoms with E-state index in [1.165, 1.54) is 4.57 Å². The maximum absolute atomic E-state index is 11.5. The maximum atomic E-state index is 11.5. The van der Waals surface area contributed by atoms with Crippen LogP contribution in [0.25, 0.3) is 33.9 Å². The van der Waals surface area contributed by atoms with Crippen molar-refractivity contribution < 1.29 is 8.94 Å². The molecule has 0 radical (unpaired) electrons. The smallest absolute Gasteiger partial charge is 0.408 e. The molecule has 0 aliphatic rings. The molecule has 4 rings (SSSR count). The van der Waals surface area contributed by atoms with Crippen molar-refractivity contribution in [1.29, 1.82) is 0 Å². The first-order valence-corrected chi connectivity index (χ1v) is 7.19. The molecule has 0 unspecified atom stereocenters. The van der Waals surface area contributed by atoms with Gasteiger partial charge >= 0.3 is 5.76 Å². The van der Waals surface area contributed by atoms with Crippen molar-refractivity contribution in [1.82, 2.24) is 14.7 Å². The van der Waals surface area contributed by atoms with Crippen LogP contribution >= 0.6 is 11.6 Å². The third kappa shape index (κ3) is 2.33. The Bertz CT molecular complexity index is 1060. The van der Waals surface area contributed by atoms with E-state index in [-0.39, 0.29) is 0 Å². The van der Waals surface area contributed by atoms with Gasteiger partial charge < -0.3 is 8.94 Å². The lowest BCUT2D eigenvalue weighted by atomic mass is 10.2. The van der Waals surface area contributed by atoms with Gasteiger partial charge in [0.1, 0.15) is 0 Å². The molecule has 0 fully saturated rings. The van der Waals surface area contributed by atoms with Crippen LogP contribution in [-0.4, -0.2) is 14.7 Å². The monoisotopic (exact) mass is 327 g/mol. The minimum absolute atomic E-state index is 0.395. The number of benzene rings is 2. The summed E-state index contributed by atoms with van der Waals surface area (Å²) in [5.74, 6) is 0.404. The fourth-order valence-electron chi connectivity index (χ4n) is 2.32. The molecular formula is C16H10ClN3O3. The molecule has 0 bridgehead atoms. The lowest BCUT2D eigenvalue weighted by Gasteiger charge is -1.95. The van der Waals surface area contributed by atoms with Crippen molar-refractivity contribution in [2.75, 3.05) is 0 Å². The van der Waals surface area contributed by atoms with Gasteiger partial charge in [0.15, 0.2) is 5.58 Å². The molecule has 23 heavy (non-hydrogen) atoms. The van der Waals surface area contributed by atoms with Crippen LogP contribution in [0.3, 0.4) is 0 Å². The lowest BCUT2D eigenvalue weighted by molar-refractivity contribution is 0.432. The Morgan fingerprint density at radius 2 is 1.83 bits per heavy atom. The van der Waals surface area contributed by atoms with E-state index < -0.39 is 5.76 Å². The number of halogens is 1. The third-order valence-electron chi connectivity index (χ3n) is 3.57. The van der Waals surface area contributed by atoms with E-state index in [1.54, 1.807) is 43.4 Å². The number of nitrogens with zero attached hydrogens (tertiary/aromatic N) is 3. The first-order valence-electron chi connectivity index (χ1n) is 6.81. The number of hydrogen-bond acceptors (Lipinski definition) is 5. The van der Waals surface area contributed by atoms with Crippen molar-refractivity contribution in [2.24, 2.45) is 7.05 Å². The zero-order valence-corrected chi connectivity index (χ0v) is 12.7. The number of rotatable bonds is 2. The second-order valence-corrected chi connectivity index (χ2v) is 5.48. The van der Waals surface area contributed by atoms with E-state index in [4.69, 9.17) is 20.5 Å². The van der Waals surface area contributed by atoms with Crippen molar-refractivity contribution in [3.63, 3.8) is 0 Å². The zero-order valence-electron chi connectivity index (χ0n) is 12.0. The van der Waals surface area contributed by atoms with Gasteiger partial charge in [-0.25, -0.2) is 4.79 Å². The highest BCUT2D eigenvalue weighted by Gasteiger charge is 2.13. The Morgan fingerprint density at radius 1 is 1.09 bits per heavy atom. The number of aryl methyl sites for hydroxylation is 1. The summed E-state index contributed by atoms with van der Waals surface area (Å²) in [6.45, 7) is 0. The molecule has 114 valence electrons. The van der Waals surface area contributed by atoms with Crippen molar-refractivity contribution >= 4 is 22.7 Å². The predicted molar refractivity (Wildman–Crippen MR) is 85.2 cm³/mol. The summed E-state index contributed by atoms with van der Waals surface area (Å²) in [5, 5.41) is 4.61. The zero-order chi connectivity index (χ0) is 16.0. The van der Waals surface area contributed by atoms with E-state index in [1.807, 2.05) is 6.07 Å². The normalized spacial score (nSPS) is 11.2. The molecule has 0 saturated heterocycles. The van der Waals surface area contributed by atoms with E-state index in [0.717, 1.165) is 5.56 Å². The fraction of sp³-hybridized carbons (Fsp3) is 0.0625. The van der Waals surface area contributed by atoms with Crippen LogP contribution in [0.5, 0.6) is 0 Å². The van der Waals surface area contributed by atoms with Crippen LogP contribution < -0.4 is 5.76 Å². The minimum Gasteiger partial charge on any atom is -0.408 e. The van der Waals surface area contributed by atoms with Gasteiger partial charge in [0, 0.05) is 23.2 Å². The minimum atomic E-state index is -0.410. The first-order chi connectivity index (χ1) is 11.1. The standard InChI is InChI=1S/C16H10ClN3O3/c1-20-12-7-4-10(8-13(12)22-16(20)21)14-18-15(23-19-14)9-2-5-11(17)6-3-9/h2-8H,1H3. The number of fused-ring (bicyclic) bond motifs is 1. The molecule has 2 heterocycles. The Hall–Kier alpha value is -2.86. The average molecular weight is 328 g/mol. The highest BCUT2D eigenvalue weighted by Crippen LogP contribution is 2.25. The number of hydrogen-bond donors (Lipinski definition) is 0. The SMILES string of the molecule is Cn1c(=O)oc2cc(-c3noc(-c4ccc(Cl)cc4)n3)ccc21. The fourth-order valence-corrected chi connectivity index (χ4v) is 2.45. The molecule has 0 amide bonds. The van der Waals surface area contributed by atoms with E-state index in [0.29, 0.717) is 33.4 Å². The first kappa shape index (κ1) is 13.8. The molecule has 0 aliphatic heterocycles. The van der Waals surface area contributed by atoms with Gasteiger partial charge in [0.25, 0.3) is 5.89 Å². The largest absolute Gasteiger partial charge is 0.419 e. The van der Waals surface area contributed by atoms with Gasteiger partial charge in [-0.3, -0.25) is 4.57 Å². The highest BCUT2D eigenvalue weighted by atomic mass is 35.5. The molecule has 7 heteroatoms. The van der Waals surface area contributed by atoms with Crippen molar-refractivity contribution in [3.8, 4) is 22.8 Å². The number of oxazole rings is 1. The van der Waals surface area contributed by atoms with Crippen molar-refractivity contribution in [3.05, 3.63) is 58.0 Å². The molecule has 4 aromatic rings.